The fourth-order valence-electron chi connectivity index (χ4n) is 1.44. The summed E-state index contributed by atoms with van der Waals surface area (Å²) in [7, 11) is 0. The summed E-state index contributed by atoms with van der Waals surface area (Å²) in [6, 6.07) is 12.8. The Kier molecular flexibility index (Phi) is 2.65. The minimum atomic E-state index is -0.0431. The number of pyridine rings is 1. The molecule has 0 aliphatic heterocycles. The van der Waals surface area contributed by atoms with Gasteiger partial charge in [0.25, 0.3) is 5.56 Å². The van der Waals surface area contributed by atoms with E-state index in [0.29, 0.717) is 6.54 Å². The van der Waals surface area contributed by atoms with Gasteiger partial charge in [0.05, 0.1) is 0 Å². The molecule has 0 saturated carbocycles. The van der Waals surface area contributed by atoms with E-state index in [1.165, 1.54) is 6.07 Å². The van der Waals surface area contributed by atoms with Crippen molar-refractivity contribution in [1.82, 2.24) is 4.57 Å². The van der Waals surface area contributed by atoms with Crippen LogP contribution in [0.4, 0.5) is 0 Å². The molecule has 0 spiro atoms. The third-order valence-corrected chi connectivity index (χ3v) is 2.24. The van der Waals surface area contributed by atoms with E-state index in [2.05, 4.69) is 0 Å². The van der Waals surface area contributed by atoms with Crippen molar-refractivity contribution < 1.29 is 0 Å². The third-order valence-electron chi connectivity index (χ3n) is 2.24. The van der Waals surface area contributed by atoms with Crippen LogP contribution in [0.3, 0.4) is 0 Å². The maximum absolute atomic E-state index is 11.6. The van der Waals surface area contributed by atoms with Gasteiger partial charge in [0.15, 0.2) is 0 Å². The van der Waals surface area contributed by atoms with Gasteiger partial charge in [-0.15, -0.1) is 0 Å². The van der Waals surface area contributed by atoms with E-state index >= 15 is 0 Å². The first kappa shape index (κ1) is 9.68. The van der Waals surface area contributed by atoms with Crippen LogP contribution in [0.1, 0.15) is 5.56 Å². The zero-order valence-corrected chi connectivity index (χ0v) is 8.26. The normalized spacial score (nSPS) is 10.2. The van der Waals surface area contributed by atoms with Crippen molar-refractivity contribution in [2.75, 3.05) is 0 Å². The van der Waals surface area contributed by atoms with E-state index in [1.807, 2.05) is 30.3 Å². The van der Waals surface area contributed by atoms with Gasteiger partial charge in [0.1, 0.15) is 0 Å². The van der Waals surface area contributed by atoms with Crippen LogP contribution in [0, 0.1) is 0 Å². The lowest BCUT2D eigenvalue weighted by Crippen LogP contribution is -2.17. The molecule has 2 rings (SSSR count). The molecule has 1 aromatic carbocycles. The third kappa shape index (κ3) is 1.97. The van der Waals surface area contributed by atoms with Gasteiger partial charge in [-0.2, -0.15) is 0 Å². The average Bonchev–Trinajstić information content (AvgIpc) is 2.31. The average molecular weight is 200 g/mol. The lowest BCUT2D eigenvalue weighted by molar-refractivity contribution is 0.940. The molecule has 76 valence electrons. The fraction of sp³-hybridized carbons (Fsp3) is 0.0833. The Hall–Kier alpha value is -1.87. The molecule has 0 amide bonds. The minimum absolute atomic E-state index is 0.0431. The summed E-state index contributed by atoms with van der Waals surface area (Å²) >= 11 is 0. The highest BCUT2D eigenvalue weighted by Gasteiger charge is 1.99. The topological polar surface area (TPSA) is 48.0 Å². The molecule has 2 aromatic rings. The van der Waals surface area contributed by atoms with Crippen LogP contribution >= 0.6 is 0 Å². The van der Waals surface area contributed by atoms with Crippen LogP contribution in [0.5, 0.6) is 0 Å². The number of nitrogens with zero attached hydrogens (tertiary/aromatic N) is 1. The number of hydrogen-bond donors (Lipinski definition) is 1. The summed E-state index contributed by atoms with van der Waals surface area (Å²) in [4.78, 5) is 11.6. The van der Waals surface area contributed by atoms with Crippen LogP contribution in [-0.2, 0) is 6.54 Å². The Balaban J connectivity index is 2.57. The van der Waals surface area contributed by atoms with Crippen molar-refractivity contribution in [3.63, 3.8) is 0 Å². The molecule has 2 N–H and O–H groups in total. The van der Waals surface area contributed by atoms with Gasteiger partial charge in [-0.05, 0) is 17.7 Å². The molecule has 0 saturated heterocycles. The molecular formula is C12H12N2O. The van der Waals surface area contributed by atoms with E-state index in [-0.39, 0.29) is 5.56 Å². The second-order valence-electron chi connectivity index (χ2n) is 3.29. The molecule has 0 radical (unpaired) electrons. The molecular weight excluding hydrogens is 188 g/mol. The van der Waals surface area contributed by atoms with Crippen molar-refractivity contribution in [1.29, 1.82) is 0 Å². The minimum Gasteiger partial charge on any atom is -0.326 e. The van der Waals surface area contributed by atoms with Gasteiger partial charge in [-0.1, -0.05) is 24.3 Å². The van der Waals surface area contributed by atoms with Crippen molar-refractivity contribution in [2.45, 2.75) is 6.54 Å². The molecule has 3 nitrogen and oxygen atoms in total. The van der Waals surface area contributed by atoms with E-state index < -0.39 is 0 Å². The van der Waals surface area contributed by atoms with Crippen molar-refractivity contribution in [3.05, 3.63) is 64.6 Å². The molecule has 0 fully saturated rings. The molecule has 1 aromatic heterocycles. The molecule has 15 heavy (non-hydrogen) atoms. The Morgan fingerprint density at radius 3 is 2.47 bits per heavy atom. The van der Waals surface area contributed by atoms with E-state index in [9.17, 15) is 4.79 Å². The number of aromatic nitrogens is 1. The van der Waals surface area contributed by atoms with Crippen LogP contribution in [0.15, 0.2) is 53.5 Å². The van der Waals surface area contributed by atoms with Crippen LogP contribution in [0.25, 0.3) is 5.69 Å². The van der Waals surface area contributed by atoms with Crippen molar-refractivity contribution in [2.24, 2.45) is 5.73 Å². The zero-order chi connectivity index (χ0) is 10.7. The standard InChI is InChI=1S/C12H12N2O/c13-8-10-6-7-12(15)14(9-10)11-4-2-1-3-5-11/h1-7,9H,8,13H2. The van der Waals surface area contributed by atoms with Crippen LogP contribution in [-0.4, -0.2) is 4.57 Å². The largest absolute Gasteiger partial charge is 0.326 e. The fourth-order valence-corrected chi connectivity index (χ4v) is 1.44. The maximum atomic E-state index is 11.6. The predicted octanol–water partition coefficient (Wildman–Crippen LogP) is 1.30. The molecule has 3 heteroatoms. The summed E-state index contributed by atoms with van der Waals surface area (Å²) in [6.45, 7) is 0.438. The SMILES string of the molecule is NCc1ccc(=O)n(-c2ccccc2)c1. The second-order valence-corrected chi connectivity index (χ2v) is 3.29. The zero-order valence-electron chi connectivity index (χ0n) is 8.26. The first-order chi connectivity index (χ1) is 7.31. The summed E-state index contributed by atoms with van der Waals surface area (Å²) in [5.74, 6) is 0. The molecule has 0 unspecified atom stereocenters. The molecule has 0 aliphatic rings. The molecule has 1 heterocycles. The van der Waals surface area contributed by atoms with Gasteiger partial charge in [0.2, 0.25) is 0 Å². The number of benzene rings is 1. The van der Waals surface area contributed by atoms with E-state index in [0.717, 1.165) is 11.3 Å². The monoisotopic (exact) mass is 200 g/mol. The van der Waals surface area contributed by atoms with Crippen molar-refractivity contribution in [3.8, 4) is 5.69 Å². The predicted molar refractivity (Wildman–Crippen MR) is 59.9 cm³/mol. The van der Waals surface area contributed by atoms with Crippen molar-refractivity contribution >= 4 is 0 Å². The molecule has 0 aliphatic carbocycles. The Bertz CT molecular complexity index is 503. The number of hydrogen-bond acceptors (Lipinski definition) is 2. The Labute approximate surface area is 87.8 Å². The first-order valence-electron chi connectivity index (χ1n) is 4.78. The maximum Gasteiger partial charge on any atom is 0.255 e. The van der Waals surface area contributed by atoms with Crippen LogP contribution < -0.4 is 11.3 Å². The Morgan fingerprint density at radius 1 is 1.07 bits per heavy atom. The summed E-state index contributed by atoms with van der Waals surface area (Å²) < 4.78 is 1.60. The van der Waals surface area contributed by atoms with E-state index in [1.54, 1.807) is 16.8 Å². The smallest absolute Gasteiger partial charge is 0.255 e. The summed E-state index contributed by atoms with van der Waals surface area (Å²) in [6.07, 6.45) is 1.78. The highest BCUT2D eigenvalue weighted by molar-refractivity contribution is 5.32. The second kappa shape index (κ2) is 4.11. The van der Waals surface area contributed by atoms with Gasteiger partial charge >= 0.3 is 0 Å². The highest BCUT2D eigenvalue weighted by atomic mass is 16.1. The number of rotatable bonds is 2. The number of nitrogens with two attached hydrogens (primary N) is 1. The van der Waals surface area contributed by atoms with Gasteiger partial charge in [-0.3, -0.25) is 9.36 Å². The summed E-state index contributed by atoms with van der Waals surface area (Å²) in [5, 5.41) is 0. The highest BCUT2D eigenvalue weighted by Crippen LogP contribution is 2.04. The molecule has 0 atom stereocenters. The lowest BCUT2D eigenvalue weighted by atomic mass is 10.2. The van der Waals surface area contributed by atoms with E-state index in [4.69, 9.17) is 5.73 Å². The lowest BCUT2D eigenvalue weighted by Gasteiger charge is -2.06. The van der Waals surface area contributed by atoms with Gasteiger partial charge in [-0.25, -0.2) is 0 Å². The van der Waals surface area contributed by atoms with Gasteiger partial charge in [0, 0.05) is 24.5 Å². The first-order valence-corrected chi connectivity index (χ1v) is 4.78. The van der Waals surface area contributed by atoms with Crippen LogP contribution in [0.2, 0.25) is 0 Å². The summed E-state index contributed by atoms with van der Waals surface area (Å²) in [5.41, 5.74) is 7.29. The molecule has 0 bridgehead atoms. The van der Waals surface area contributed by atoms with Gasteiger partial charge < -0.3 is 5.73 Å². The quantitative estimate of drug-likeness (QED) is 0.794. The Morgan fingerprint density at radius 2 is 1.80 bits per heavy atom. The number of para-hydroxylation sites is 1.